The van der Waals surface area contributed by atoms with Crippen LogP contribution in [0.4, 0.5) is 5.95 Å². The van der Waals surface area contributed by atoms with E-state index in [2.05, 4.69) is 43.9 Å². The van der Waals surface area contributed by atoms with Crippen LogP contribution in [-0.2, 0) is 13.1 Å². The first kappa shape index (κ1) is 13.6. The third-order valence-electron chi connectivity index (χ3n) is 3.44. The summed E-state index contributed by atoms with van der Waals surface area (Å²) in [6, 6.07) is 4.12. The van der Waals surface area contributed by atoms with Gasteiger partial charge in [0.2, 0.25) is 5.95 Å². The molecule has 0 saturated heterocycles. The molecule has 20 heavy (non-hydrogen) atoms. The van der Waals surface area contributed by atoms with Crippen LogP contribution in [-0.4, -0.2) is 24.9 Å². The lowest BCUT2D eigenvalue weighted by Crippen LogP contribution is -2.10. The monoisotopic (exact) mass is 380 g/mol. The highest BCUT2D eigenvalue weighted by molar-refractivity contribution is 14.1. The third kappa shape index (κ3) is 2.24. The van der Waals surface area contributed by atoms with Gasteiger partial charge in [-0.15, -0.1) is 0 Å². The number of hydrogen-bond acceptors (Lipinski definition) is 5. The van der Waals surface area contributed by atoms with Crippen LogP contribution in [0.1, 0.15) is 11.3 Å². The average molecular weight is 380 g/mol. The maximum atomic E-state index is 5.84. The molecule has 1 aliphatic heterocycles. The Morgan fingerprint density at radius 1 is 1.35 bits per heavy atom. The molecule has 2 heterocycles. The summed E-state index contributed by atoms with van der Waals surface area (Å²) in [5, 5.41) is 3.29. The van der Waals surface area contributed by atoms with Crippen LogP contribution in [0.15, 0.2) is 12.1 Å². The highest BCUT2D eigenvalue weighted by Gasteiger charge is 2.21. The van der Waals surface area contributed by atoms with E-state index in [4.69, 9.17) is 10.5 Å². The topological polar surface area (TPSA) is 73.1 Å². The lowest BCUT2D eigenvalue weighted by molar-refractivity contribution is 0.418. The Kier molecular flexibility index (Phi) is 3.55. The van der Waals surface area contributed by atoms with Crippen molar-refractivity contribution in [3.63, 3.8) is 0 Å². The number of aromatic nitrogens is 2. The summed E-state index contributed by atoms with van der Waals surface area (Å²) in [7, 11) is 3.71. The fourth-order valence-electron chi connectivity index (χ4n) is 2.46. The second kappa shape index (κ2) is 5.21. The number of rotatable bonds is 2. The second-order valence-electron chi connectivity index (χ2n) is 4.76. The maximum Gasteiger partial charge on any atom is 0.220 e. The minimum Gasteiger partial charge on any atom is -0.497 e. The van der Waals surface area contributed by atoms with E-state index in [0.29, 0.717) is 5.95 Å². The number of methoxy groups -OCH3 is 1. The van der Waals surface area contributed by atoms with Gasteiger partial charge in [0.15, 0.2) is 0 Å². The van der Waals surface area contributed by atoms with Gasteiger partial charge in [0.1, 0.15) is 13.6 Å². The van der Waals surface area contributed by atoms with Crippen molar-refractivity contribution in [3.8, 4) is 17.0 Å². The first-order valence-corrected chi connectivity index (χ1v) is 7.38. The van der Waals surface area contributed by atoms with Crippen molar-refractivity contribution >= 4 is 41.8 Å². The first-order valence-electron chi connectivity index (χ1n) is 6.30. The molecule has 102 valence electrons. The molecule has 3 N–H and O–H groups in total. The highest BCUT2D eigenvalue weighted by atomic mass is 127. The molecule has 0 spiro atoms. The van der Waals surface area contributed by atoms with E-state index in [0.717, 1.165) is 50.4 Å². The standard InChI is InChI=1S/C13H14BIN4O/c1-20-11-2-6(9(15)3-8(11)14)12-7-4-17-5-10(7)18-13(16)19-12/h2-3,17H,4-5,14H2,1H3,(H2,16,18,19). The van der Waals surface area contributed by atoms with Gasteiger partial charge in [-0.1, -0.05) is 6.07 Å². The molecule has 1 aromatic carbocycles. The zero-order chi connectivity index (χ0) is 14.3. The van der Waals surface area contributed by atoms with Crippen LogP contribution < -0.4 is 21.3 Å². The van der Waals surface area contributed by atoms with Crippen LogP contribution >= 0.6 is 22.6 Å². The lowest BCUT2D eigenvalue weighted by Gasteiger charge is -2.13. The predicted molar refractivity (Wildman–Crippen MR) is 89.9 cm³/mol. The van der Waals surface area contributed by atoms with E-state index < -0.39 is 0 Å². The number of ether oxygens (including phenoxy) is 1. The fourth-order valence-corrected chi connectivity index (χ4v) is 3.34. The van der Waals surface area contributed by atoms with Gasteiger partial charge < -0.3 is 15.8 Å². The van der Waals surface area contributed by atoms with Gasteiger partial charge >= 0.3 is 0 Å². The zero-order valence-corrected chi connectivity index (χ0v) is 13.5. The third-order valence-corrected chi connectivity index (χ3v) is 4.34. The normalized spacial score (nSPS) is 13.3. The van der Waals surface area contributed by atoms with Crippen LogP contribution in [0.3, 0.4) is 0 Å². The zero-order valence-electron chi connectivity index (χ0n) is 11.3. The number of benzene rings is 1. The van der Waals surface area contributed by atoms with Crippen LogP contribution in [0, 0.1) is 3.57 Å². The molecular formula is C13H14BIN4O. The van der Waals surface area contributed by atoms with Crippen molar-refractivity contribution in [2.45, 2.75) is 13.1 Å². The molecule has 0 bridgehead atoms. The number of fused-ring (bicyclic) bond motifs is 1. The minimum absolute atomic E-state index is 0.317. The number of halogens is 1. The largest absolute Gasteiger partial charge is 0.497 e. The van der Waals surface area contributed by atoms with Crippen molar-refractivity contribution in [2.24, 2.45) is 0 Å². The van der Waals surface area contributed by atoms with Gasteiger partial charge in [-0.25, -0.2) is 9.97 Å². The Bertz CT molecular complexity index is 693. The van der Waals surface area contributed by atoms with Gasteiger partial charge in [-0.05, 0) is 34.1 Å². The summed E-state index contributed by atoms with van der Waals surface area (Å²) >= 11 is 2.32. The molecule has 1 aliphatic rings. The molecule has 0 saturated carbocycles. The Labute approximate surface area is 131 Å². The van der Waals surface area contributed by atoms with E-state index in [9.17, 15) is 0 Å². The maximum absolute atomic E-state index is 5.84. The predicted octanol–water partition coefficient (Wildman–Crippen LogP) is 0.201. The molecule has 5 nitrogen and oxygen atoms in total. The molecule has 0 aliphatic carbocycles. The summed E-state index contributed by atoms with van der Waals surface area (Å²) in [5.41, 5.74) is 11.0. The molecule has 2 aromatic rings. The van der Waals surface area contributed by atoms with Crippen molar-refractivity contribution < 1.29 is 4.74 Å². The fraction of sp³-hybridized carbons (Fsp3) is 0.231. The molecule has 0 radical (unpaired) electrons. The number of nitrogens with one attached hydrogen (secondary N) is 1. The Hall–Kier alpha value is -1.35. The SMILES string of the molecule is Bc1cc(I)c(-c2nc(N)nc3c2CNC3)cc1OC. The number of nitrogen functional groups attached to an aromatic ring is 1. The molecular weight excluding hydrogens is 366 g/mol. The summed E-state index contributed by atoms with van der Waals surface area (Å²) in [6.45, 7) is 1.52. The smallest absolute Gasteiger partial charge is 0.220 e. The molecule has 3 rings (SSSR count). The van der Waals surface area contributed by atoms with Gasteiger partial charge in [0.25, 0.3) is 0 Å². The first-order chi connectivity index (χ1) is 9.60. The average Bonchev–Trinajstić information content (AvgIpc) is 2.86. The number of nitrogens with two attached hydrogens (primary N) is 1. The van der Waals surface area contributed by atoms with Crippen LogP contribution in [0.2, 0.25) is 0 Å². The van der Waals surface area contributed by atoms with E-state index in [1.165, 1.54) is 0 Å². The molecule has 7 heteroatoms. The number of nitrogens with zero attached hydrogens (tertiary/aromatic N) is 2. The number of hydrogen-bond donors (Lipinski definition) is 2. The quantitative estimate of drug-likeness (QED) is 0.576. The van der Waals surface area contributed by atoms with Gasteiger partial charge in [0.05, 0.1) is 18.5 Å². The van der Waals surface area contributed by atoms with Crippen molar-refractivity contribution in [3.05, 3.63) is 27.0 Å². The van der Waals surface area contributed by atoms with E-state index in [1.54, 1.807) is 7.11 Å². The molecule has 0 unspecified atom stereocenters. The van der Waals surface area contributed by atoms with Crippen molar-refractivity contribution in [1.29, 1.82) is 0 Å². The molecule has 0 amide bonds. The highest BCUT2D eigenvalue weighted by Crippen LogP contribution is 2.32. The Morgan fingerprint density at radius 2 is 2.15 bits per heavy atom. The van der Waals surface area contributed by atoms with Crippen LogP contribution in [0.5, 0.6) is 5.75 Å². The second-order valence-corrected chi connectivity index (χ2v) is 5.92. The summed E-state index contributed by atoms with van der Waals surface area (Å²) in [4.78, 5) is 8.75. The molecule has 0 fully saturated rings. The van der Waals surface area contributed by atoms with Crippen molar-refractivity contribution in [1.82, 2.24) is 15.3 Å². The van der Waals surface area contributed by atoms with Gasteiger partial charge in [-0.3, -0.25) is 0 Å². The molecule has 1 aromatic heterocycles. The number of anilines is 1. The Balaban J connectivity index is 2.24. The summed E-state index contributed by atoms with van der Waals surface area (Å²) < 4.78 is 6.55. The van der Waals surface area contributed by atoms with Crippen LogP contribution in [0.25, 0.3) is 11.3 Å². The lowest BCUT2D eigenvalue weighted by atomic mass is 9.92. The Morgan fingerprint density at radius 3 is 2.90 bits per heavy atom. The van der Waals surface area contributed by atoms with E-state index >= 15 is 0 Å². The van der Waals surface area contributed by atoms with E-state index in [1.807, 2.05) is 13.9 Å². The van der Waals surface area contributed by atoms with E-state index in [-0.39, 0.29) is 0 Å². The van der Waals surface area contributed by atoms with Gasteiger partial charge in [0, 0.05) is 27.8 Å². The van der Waals surface area contributed by atoms with Crippen molar-refractivity contribution in [2.75, 3.05) is 12.8 Å². The minimum atomic E-state index is 0.317. The summed E-state index contributed by atoms with van der Waals surface area (Å²) in [6.07, 6.45) is 0. The molecule has 0 atom stereocenters. The van der Waals surface area contributed by atoms with Gasteiger partial charge in [-0.2, -0.15) is 0 Å². The summed E-state index contributed by atoms with van der Waals surface area (Å²) in [5.74, 6) is 1.18.